The second kappa shape index (κ2) is 7.25. The van der Waals surface area contributed by atoms with Crippen molar-refractivity contribution in [2.45, 2.75) is 25.6 Å². The highest BCUT2D eigenvalue weighted by molar-refractivity contribution is 5.50. The van der Waals surface area contributed by atoms with E-state index in [2.05, 4.69) is 15.2 Å². The fourth-order valence-electron chi connectivity index (χ4n) is 2.24. The molecule has 11 heteroatoms. The van der Waals surface area contributed by atoms with Gasteiger partial charge in [0.25, 0.3) is 11.4 Å². The molecule has 0 saturated carbocycles. The lowest BCUT2D eigenvalue weighted by Gasteiger charge is -2.08. The van der Waals surface area contributed by atoms with Gasteiger partial charge in [-0.1, -0.05) is 0 Å². The Balaban J connectivity index is 1.70. The van der Waals surface area contributed by atoms with Gasteiger partial charge in [-0.2, -0.15) is 22.0 Å². The number of hydrogen-bond acceptors (Lipinski definition) is 5. The predicted octanol–water partition coefficient (Wildman–Crippen LogP) is 3.49. The second-order valence-electron chi connectivity index (χ2n) is 5.48. The smallest absolute Gasteiger partial charge is 0.415 e. The van der Waals surface area contributed by atoms with Crippen LogP contribution in [0.1, 0.15) is 23.6 Å². The number of aromatic nitrogens is 4. The molecule has 6 nitrogen and oxygen atoms in total. The zero-order chi connectivity index (χ0) is 19.6. The van der Waals surface area contributed by atoms with Crippen molar-refractivity contribution >= 4 is 0 Å². The van der Waals surface area contributed by atoms with Gasteiger partial charge in [-0.3, -0.25) is 9.78 Å². The number of alkyl halides is 5. The Bertz CT molecular complexity index is 979. The van der Waals surface area contributed by atoms with E-state index in [1.807, 2.05) is 0 Å². The summed E-state index contributed by atoms with van der Waals surface area (Å²) in [5.41, 5.74) is -0.743. The summed E-state index contributed by atoms with van der Waals surface area (Å²) < 4.78 is 68.5. The van der Waals surface area contributed by atoms with E-state index < -0.39 is 29.6 Å². The number of nitrogens with zero attached hydrogens (tertiary/aromatic N) is 4. The minimum atomic E-state index is -4.46. The van der Waals surface area contributed by atoms with E-state index in [0.717, 1.165) is 18.3 Å². The van der Waals surface area contributed by atoms with Gasteiger partial charge in [-0.25, -0.2) is 0 Å². The van der Waals surface area contributed by atoms with Gasteiger partial charge < -0.3 is 8.98 Å². The van der Waals surface area contributed by atoms with E-state index in [1.54, 1.807) is 0 Å². The largest absolute Gasteiger partial charge is 0.417 e. The Labute approximate surface area is 148 Å². The molecule has 0 aliphatic rings. The normalized spacial score (nSPS) is 11.9. The fraction of sp³-hybridized carbons (Fsp3) is 0.250. The van der Waals surface area contributed by atoms with Crippen molar-refractivity contribution in [1.29, 1.82) is 0 Å². The average Bonchev–Trinajstić information content (AvgIpc) is 3.11. The van der Waals surface area contributed by atoms with Gasteiger partial charge >= 0.3 is 12.6 Å². The Morgan fingerprint density at radius 2 is 1.93 bits per heavy atom. The van der Waals surface area contributed by atoms with Gasteiger partial charge in [-0.15, -0.1) is 10.2 Å². The van der Waals surface area contributed by atoms with Crippen LogP contribution in [0, 0.1) is 0 Å². The molecule has 0 radical (unpaired) electrons. The highest BCUT2D eigenvalue weighted by Crippen LogP contribution is 2.28. The lowest BCUT2D eigenvalue weighted by Crippen LogP contribution is -2.20. The predicted molar refractivity (Wildman–Crippen MR) is 81.9 cm³/mol. The highest BCUT2D eigenvalue weighted by atomic mass is 19.4. The fourth-order valence-corrected chi connectivity index (χ4v) is 2.24. The Kier molecular flexibility index (Phi) is 5.02. The summed E-state index contributed by atoms with van der Waals surface area (Å²) in [6.45, 7) is 0.170. The van der Waals surface area contributed by atoms with E-state index in [1.165, 1.54) is 22.9 Å². The molecule has 0 unspecified atom stereocenters. The molecule has 3 aromatic heterocycles. The first kappa shape index (κ1) is 18.7. The van der Waals surface area contributed by atoms with E-state index >= 15 is 0 Å². The zero-order valence-corrected chi connectivity index (χ0v) is 13.5. The van der Waals surface area contributed by atoms with Crippen LogP contribution < -0.4 is 5.56 Å². The molecule has 0 saturated heterocycles. The Hall–Kier alpha value is -3.11. The van der Waals surface area contributed by atoms with Crippen LogP contribution in [-0.4, -0.2) is 19.7 Å². The molecule has 0 fully saturated rings. The van der Waals surface area contributed by atoms with E-state index in [9.17, 15) is 26.7 Å². The molecule has 27 heavy (non-hydrogen) atoms. The van der Waals surface area contributed by atoms with Crippen LogP contribution in [0.4, 0.5) is 22.0 Å². The number of halogens is 5. The lowest BCUT2D eigenvalue weighted by molar-refractivity contribution is -0.137. The van der Waals surface area contributed by atoms with Crippen molar-refractivity contribution in [1.82, 2.24) is 19.7 Å². The molecule has 0 amide bonds. The average molecular weight is 386 g/mol. The van der Waals surface area contributed by atoms with Gasteiger partial charge in [0.1, 0.15) is 0 Å². The maximum atomic E-state index is 12.5. The van der Waals surface area contributed by atoms with Gasteiger partial charge in [0.2, 0.25) is 5.89 Å². The van der Waals surface area contributed by atoms with E-state index in [4.69, 9.17) is 4.42 Å². The molecular formula is C16H11F5N4O2. The molecule has 3 aromatic rings. The minimum Gasteiger partial charge on any atom is -0.415 e. The molecule has 0 atom stereocenters. The number of rotatable bonds is 5. The van der Waals surface area contributed by atoms with Crippen LogP contribution >= 0.6 is 0 Å². The third-order valence-corrected chi connectivity index (χ3v) is 3.63. The van der Waals surface area contributed by atoms with Crippen LogP contribution in [-0.2, 0) is 19.1 Å². The summed E-state index contributed by atoms with van der Waals surface area (Å²) in [6.07, 6.45) is -5.02. The molecule has 0 aliphatic heterocycles. The Morgan fingerprint density at radius 1 is 1.15 bits per heavy atom. The van der Waals surface area contributed by atoms with Gasteiger partial charge in [0, 0.05) is 42.7 Å². The third-order valence-electron chi connectivity index (χ3n) is 3.63. The van der Waals surface area contributed by atoms with Crippen molar-refractivity contribution in [2.75, 3.05) is 0 Å². The zero-order valence-electron chi connectivity index (χ0n) is 13.5. The van der Waals surface area contributed by atoms with Crippen LogP contribution in [0.5, 0.6) is 0 Å². The monoisotopic (exact) mass is 386 g/mol. The summed E-state index contributed by atoms with van der Waals surface area (Å²) in [7, 11) is 0. The van der Waals surface area contributed by atoms with Crippen LogP contribution in [0.3, 0.4) is 0 Å². The lowest BCUT2D eigenvalue weighted by atomic mass is 10.2. The van der Waals surface area contributed by atoms with E-state index in [-0.39, 0.29) is 24.4 Å². The summed E-state index contributed by atoms with van der Waals surface area (Å²) >= 11 is 0. The van der Waals surface area contributed by atoms with E-state index in [0.29, 0.717) is 5.69 Å². The Morgan fingerprint density at radius 3 is 2.48 bits per heavy atom. The standard InChI is InChI=1S/C16H11F5N4O2/c17-13(18)15-24-23-14(27-15)9-3-5-25(12(26)7-9)6-4-11-2-1-10(8-22-11)16(19,20)21/h1-3,5,7-8,13H,4,6H2. The summed E-state index contributed by atoms with van der Waals surface area (Å²) in [5, 5.41) is 6.63. The second-order valence-corrected chi connectivity index (χ2v) is 5.48. The quantitative estimate of drug-likeness (QED) is 0.628. The summed E-state index contributed by atoms with van der Waals surface area (Å²) in [6, 6.07) is 4.74. The molecule has 3 heterocycles. The maximum Gasteiger partial charge on any atom is 0.417 e. The van der Waals surface area contributed by atoms with Crippen molar-refractivity contribution in [2.24, 2.45) is 0 Å². The third kappa shape index (κ3) is 4.36. The van der Waals surface area contributed by atoms with Crippen molar-refractivity contribution < 1.29 is 26.4 Å². The van der Waals surface area contributed by atoms with Crippen LogP contribution in [0.25, 0.3) is 11.5 Å². The molecule has 142 valence electrons. The van der Waals surface area contributed by atoms with Crippen LogP contribution in [0.15, 0.2) is 45.9 Å². The summed E-state index contributed by atoms with van der Waals surface area (Å²) in [5.74, 6) is -1.05. The van der Waals surface area contributed by atoms with Crippen LogP contribution in [0.2, 0.25) is 0 Å². The molecule has 0 spiro atoms. The molecule has 0 bridgehead atoms. The highest BCUT2D eigenvalue weighted by Gasteiger charge is 2.30. The topological polar surface area (TPSA) is 73.8 Å². The first-order valence-electron chi connectivity index (χ1n) is 7.58. The first-order chi connectivity index (χ1) is 12.7. The van der Waals surface area contributed by atoms with Crippen molar-refractivity contribution in [3.63, 3.8) is 0 Å². The van der Waals surface area contributed by atoms with Gasteiger partial charge in [0.15, 0.2) is 0 Å². The molecule has 0 N–H and O–H groups in total. The number of aryl methyl sites for hydroxylation is 2. The molecular weight excluding hydrogens is 375 g/mol. The maximum absolute atomic E-state index is 12.5. The van der Waals surface area contributed by atoms with Gasteiger partial charge in [-0.05, 0) is 18.2 Å². The van der Waals surface area contributed by atoms with Gasteiger partial charge in [0.05, 0.1) is 5.56 Å². The summed E-state index contributed by atoms with van der Waals surface area (Å²) in [4.78, 5) is 15.9. The molecule has 3 rings (SSSR count). The number of pyridine rings is 2. The first-order valence-corrected chi connectivity index (χ1v) is 7.58. The van der Waals surface area contributed by atoms with Crippen molar-refractivity contribution in [3.8, 4) is 11.5 Å². The number of hydrogen-bond donors (Lipinski definition) is 0. The minimum absolute atomic E-state index is 0.170. The molecule has 0 aliphatic carbocycles. The SMILES string of the molecule is O=c1cc(-c2nnc(C(F)F)o2)ccn1CCc1ccc(C(F)(F)F)cn1. The molecule has 0 aromatic carbocycles. The van der Waals surface area contributed by atoms with Crippen molar-refractivity contribution in [3.05, 3.63) is 64.2 Å².